The molecule has 0 aliphatic heterocycles. The molecule has 1 nitrogen and oxygen atoms in total. The van der Waals surface area contributed by atoms with Crippen molar-refractivity contribution < 1.29 is 0 Å². The molecule has 0 heterocycles. The van der Waals surface area contributed by atoms with Gasteiger partial charge in [-0.3, -0.25) is 4.99 Å². The molecule has 0 radical (unpaired) electrons. The second-order valence-electron chi connectivity index (χ2n) is 5.36. The van der Waals surface area contributed by atoms with E-state index in [4.69, 9.17) is 11.6 Å². The first-order chi connectivity index (χ1) is 9.70. The Morgan fingerprint density at radius 1 is 1.15 bits per heavy atom. The molecule has 102 valence electrons. The molecular weight excluding hydrogens is 266 g/mol. The van der Waals surface area contributed by atoms with Crippen molar-refractivity contribution in [3.63, 3.8) is 0 Å². The van der Waals surface area contributed by atoms with Gasteiger partial charge in [-0.1, -0.05) is 48.0 Å². The highest BCUT2D eigenvalue weighted by Gasteiger charge is 2.25. The van der Waals surface area contributed by atoms with Gasteiger partial charge in [-0.05, 0) is 48.1 Å². The number of rotatable bonds is 1. The lowest BCUT2D eigenvalue weighted by molar-refractivity contribution is 0.721. The van der Waals surface area contributed by atoms with Crippen LogP contribution in [-0.4, -0.2) is 12.8 Å². The first-order valence-electron chi connectivity index (χ1n) is 7.01. The van der Waals surface area contributed by atoms with E-state index in [0.29, 0.717) is 5.92 Å². The lowest BCUT2D eigenvalue weighted by Crippen LogP contribution is -2.17. The summed E-state index contributed by atoms with van der Waals surface area (Å²) in [7, 11) is 1.89. The van der Waals surface area contributed by atoms with Crippen molar-refractivity contribution in [2.75, 3.05) is 7.05 Å². The van der Waals surface area contributed by atoms with Crippen LogP contribution in [0.25, 0.3) is 0 Å². The predicted octanol–water partition coefficient (Wildman–Crippen LogP) is 4.99. The van der Waals surface area contributed by atoms with Gasteiger partial charge in [-0.15, -0.1) is 0 Å². The zero-order valence-electron chi connectivity index (χ0n) is 11.9. The Bertz CT molecular complexity index is 673. The summed E-state index contributed by atoms with van der Waals surface area (Å²) >= 11 is 6.15. The lowest BCUT2D eigenvalue weighted by Gasteiger charge is -2.27. The van der Waals surface area contributed by atoms with E-state index in [-0.39, 0.29) is 0 Å². The maximum Gasteiger partial charge on any atom is 0.0435 e. The van der Waals surface area contributed by atoms with E-state index >= 15 is 0 Å². The third-order valence-corrected chi connectivity index (χ3v) is 4.60. The fourth-order valence-corrected chi connectivity index (χ4v) is 3.22. The first-order valence-corrected chi connectivity index (χ1v) is 7.39. The van der Waals surface area contributed by atoms with Gasteiger partial charge in [-0.2, -0.15) is 0 Å². The zero-order chi connectivity index (χ0) is 14.1. The first kappa shape index (κ1) is 13.4. The van der Waals surface area contributed by atoms with E-state index in [2.05, 4.69) is 48.3 Å². The van der Waals surface area contributed by atoms with Gasteiger partial charge in [0.05, 0.1) is 0 Å². The molecule has 0 N–H and O–H groups in total. The molecular formula is C18H18ClN. The van der Waals surface area contributed by atoms with E-state index in [9.17, 15) is 0 Å². The largest absolute Gasteiger partial charge is 0.292 e. The van der Waals surface area contributed by atoms with Crippen molar-refractivity contribution in [3.05, 3.63) is 69.7 Å². The van der Waals surface area contributed by atoms with Crippen LogP contribution in [-0.2, 0) is 0 Å². The van der Waals surface area contributed by atoms with Crippen molar-refractivity contribution in [1.29, 1.82) is 0 Å². The number of hydrogen-bond donors (Lipinski definition) is 0. The molecule has 1 atom stereocenters. The molecule has 0 saturated heterocycles. The second-order valence-corrected chi connectivity index (χ2v) is 5.76. The fourth-order valence-electron chi connectivity index (χ4n) is 3.10. The highest BCUT2D eigenvalue weighted by molar-refractivity contribution is 6.31. The monoisotopic (exact) mass is 283 g/mol. The minimum absolute atomic E-state index is 0.452. The maximum absolute atomic E-state index is 6.15. The Labute approximate surface area is 125 Å². The summed E-state index contributed by atoms with van der Waals surface area (Å²) in [5, 5.41) is 0.841. The Morgan fingerprint density at radius 3 is 2.70 bits per heavy atom. The van der Waals surface area contributed by atoms with Gasteiger partial charge in [0, 0.05) is 23.7 Å². The lowest BCUT2D eigenvalue weighted by atomic mass is 9.78. The summed E-state index contributed by atoms with van der Waals surface area (Å²) in [6, 6.07) is 15.0. The Morgan fingerprint density at radius 2 is 1.95 bits per heavy atom. The minimum atomic E-state index is 0.452. The van der Waals surface area contributed by atoms with Crippen molar-refractivity contribution in [2.24, 2.45) is 4.99 Å². The molecule has 1 unspecified atom stereocenters. The molecule has 0 fully saturated rings. The topological polar surface area (TPSA) is 12.4 Å². The molecule has 0 saturated carbocycles. The van der Waals surface area contributed by atoms with Crippen molar-refractivity contribution in [2.45, 2.75) is 25.7 Å². The molecule has 3 rings (SSSR count). The van der Waals surface area contributed by atoms with Crippen molar-refractivity contribution in [3.8, 4) is 0 Å². The van der Waals surface area contributed by atoms with Crippen molar-refractivity contribution in [1.82, 2.24) is 0 Å². The molecule has 0 aromatic heterocycles. The number of fused-ring (bicyclic) bond motifs is 1. The van der Waals surface area contributed by atoms with Gasteiger partial charge >= 0.3 is 0 Å². The van der Waals surface area contributed by atoms with Crippen LogP contribution >= 0.6 is 11.6 Å². The minimum Gasteiger partial charge on any atom is -0.292 e. The van der Waals surface area contributed by atoms with Crippen LogP contribution in [0, 0.1) is 6.92 Å². The molecule has 0 amide bonds. The molecule has 2 heteroatoms. The summed E-state index contributed by atoms with van der Waals surface area (Å²) in [6.45, 7) is 2.07. The van der Waals surface area contributed by atoms with Gasteiger partial charge in [-0.25, -0.2) is 0 Å². The van der Waals surface area contributed by atoms with E-state index < -0.39 is 0 Å². The van der Waals surface area contributed by atoms with Crippen LogP contribution in [0.2, 0.25) is 5.02 Å². The van der Waals surface area contributed by atoms with Gasteiger partial charge in [0.2, 0.25) is 0 Å². The number of benzene rings is 2. The average molecular weight is 284 g/mol. The zero-order valence-corrected chi connectivity index (χ0v) is 12.6. The van der Waals surface area contributed by atoms with Crippen LogP contribution in [0.1, 0.15) is 41.0 Å². The van der Waals surface area contributed by atoms with Crippen LogP contribution in [0.3, 0.4) is 0 Å². The SMILES string of the molecule is CN=C1CCC(c2ccc(Cl)c(C)c2)c2ccccc21. The molecule has 1 aliphatic rings. The number of hydrogen-bond acceptors (Lipinski definition) is 1. The summed E-state index contributed by atoms with van der Waals surface area (Å²) in [6.07, 6.45) is 2.16. The quantitative estimate of drug-likeness (QED) is 0.699. The maximum atomic E-state index is 6.15. The standard InChI is InChI=1S/C18H18ClN/c1-12-11-13(7-9-17(12)19)14-8-10-18(20-2)16-6-4-3-5-15(14)16/h3-7,9,11,14H,8,10H2,1-2H3. The van der Waals surface area contributed by atoms with E-state index in [1.807, 2.05) is 13.1 Å². The van der Waals surface area contributed by atoms with Crippen LogP contribution in [0.4, 0.5) is 0 Å². The van der Waals surface area contributed by atoms with E-state index in [0.717, 1.165) is 23.4 Å². The second kappa shape index (κ2) is 5.41. The molecule has 20 heavy (non-hydrogen) atoms. The number of halogens is 1. The van der Waals surface area contributed by atoms with E-state index in [1.165, 1.54) is 22.4 Å². The van der Waals surface area contributed by atoms with E-state index in [1.54, 1.807) is 0 Å². The normalized spacial score (nSPS) is 19.9. The Kier molecular flexibility index (Phi) is 3.62. The fraction of sp³-hybridized carbons (Fsp3) is 0.278. The predicted molar refractivity (Wildman–Crippen MR) is 86.2 cm³/mol. The molecule has 2 aromatic carbocycles. The van der Waals surface area contributed by atoms with Crippen molar-refractivity contribution >= 4 is 17.3 Å². The third kappa shape index (κ3) is 2.27. The number of aliphatic imine (C=N–C) groups is 1. The Hall–Kier alpha value is -1.60. The summed E-state index contributed by atoms with van der Waals surface area (Å²) in [5.74, 6) is 0.452. The van der Waals surface area contributed by atoms with Gasteiger partial charge < -0.3 is 0 Å². The van der Waals surface area contributed by atoms with Crippen LogP contribution in [0.5, 0.6) is 0 Å². The average Bonchev–Trinajstić information content (AvgIpc) is 2.49. The van der Waals surface area contributed by atoms with Gasteiger partial charge in [0.1, 0.15) is 0 Å². The summed E-state index contributed by atoms with van der Waals surface area (Å²) < 4.78 is 0. The third-order valence-electron chi connectivity index (χ3n) is 4.17. The number of nitrogens with zero attached hydrogens (tertiary/aromatic N) is 1. The van der Waals surface area contributed by atoms with Gasteiger partial charge in [0.25, 0.3) is 0 Å². The molecule has 1 aliphatic carbocycles. The highest BCUT2D eigenvalue weighted by Crippen LogP contribution is 2.37. The highest BCUT2D eigenvalue weighted by atomic mass is 35.5. The van der Waals surface area contributed by atoms with Crippen LogP contribution in [0.15, 0.2) is 47.5 Å². The molecule has 0 spiro atoms. The molecule has 0 bridgehead atoms. The van der Waals surface area contributed by atoms with Crippen LogP contribution < -0.4 is 0 Å². The van der Waals surface area contributed by atoms with Gasteiger partial charge in [0.15, 0.2) is 0 Å². The smallest absolute Gasteiger partial charge is 0.0435 e. The summed E-state index contributed by atoms with van der Waals surface area (Å²) in [5.41, 5.74) is 6.42. The summed E-state index contributed by atoms with van der Waals surface area (Å²) in [4.78, 5) is 4.44. The number of aryl methyl sites for hydroxylation is 1. The molecule has 2 aromatic rings. The Balaban J connectivity index is 2.09.